The topological polar surface area (TPSA) is 86.8 Å². The van der Waals surface area contributed by atoms with Crippen molar-refractivity contribution < 1.29 is 31.2 Å². The van der Waals surface area contributed by atoms with E-state index < -0.39 is 56.9 Å². The number of anilines is 1. The molecule has 0 spiro atoms. The number of sulfonamides is 1. The van der Waals surface area contributed by atoms with Crippen LogP contribution in [0.15, 0.2) is 71.6 Å². The standard InChI is InChI=1S/C28H28Cl2F3N3O4S/c1-4-34-27(38)19(3)35(16-20-7-9-21(29)10-8-20)26(37)17-36(41(39,40)23-12-5-18(2)6-13-23)22-11-14-25(30)24(15-22)28(31,32)33/h5-15,19H,4,16-17H2,1-3H3,(H,34,38)/t19-/m1/s1. The summed E-state index contributed by atoms with van der Waals surface area (Å²) in [5.41, 5.74) is -0.338. The number of alkyl halides is 3. The summed E-state index contributed by atoms with van der Waals surface area (Å²) in [7, 11) is -4.55. The molecule has 1 atom stereocenters. The van der Waals surface area contributed by atoms with Crippen molar-refractivity contribution in [3.8, 4) is 0 Å². The fourth-order valence-electron chi connectivity index (χ4n) is 3.94. The molecule has 0 aliphatic heterocycles. The fourth-order valence-corrected chi connectivity index (χ4v) is 5.70. The maximum absolute atomic E-state index is 13.8. The van der Waals surface area contributed by atoms with Crippen LogP contribution in [0.1, 0.15) is 30.5 Å². The normalized spacial score (nSPS) is 12.5. The summed E-state index contributed by atoms with van der Waals surface area (Å²) in [5.74, 6) is -1.31. The first-order valence-corrected chi connectivity index (χ1v) is 14.6. The maximum Gasteiger partial charge on any atom is 0.417 e. The third kappa shape index (κ3) is 7.93. The number of hydrogen-bond donors (Lipinski definition) is 1. The molecule has 41 heavy (non-hydrogen) atoms. The van der Waals surface area contributed by atoms with Gasteiger partial charge in [0.25, 0.3) is 10.0 Å². The molecular formula is C28H28Cl2F3N3O4S. The molecule has 3 rings (SSSR count). The first kappa shape index (κ1) is 32.2. The van der Waals surface area contributed by atoms with E-state index in [4.69, 9.17) is 23.2 Å². The minimum Gasteiger partial charge on any atom is -0.355 e. The average Bonchev–Trinajstić information content (AvgIpc) is 2.91. The van der Waals surface area contributed by atoms with Crippen molar-refractivity contribution >= 4 is 50.7 Å². The Balaban J connectivity index is 2.12. The van der Waals surface area contributed by atoms with Crippen LogP contribution in [-0.4, -0.2) is 44.3 Å². The highest BCUT2D eigenvalue weighted by Crippen LogP contribution is 2.38. The summed E-state index contributed by atoms with van der Waals surface area (Å²) >= 11 is 11.7. The van der Waals surface area contributed by atoms with Crippen LogP contribution in [0.25, 0.3) is 0 Å². The van der Waals surface area contributed by atoms with Gasteiger partial charge in [-0.2, -0.15) is 13.2 Å². The molecule has 1 N–H and O–H groups in total. The predicted octanol–water partition coefficient (Wildman–Crippen LogP) is 6.07. The lowest BCUT2D eigenvalue weighted by atomic mass is 10.1. The summed E-state index contributed by atoms with van der Waals surface area (Å²) < 4.78 is 69.3. The van der Waals surface area contributed by atoms with E-state index in [2.05, 4.69) is 5.32 Å². The molecule has 7 nitrogen and oxygen atoms in total. The van der Waals surface area contributed by atoms with Crippen molar-refractivity contribution in [3.05, 3.63) is 93.5 Å². The van der Waals surface area contributed by atoms with Gasteiger partial charge in [0.05, 0.1) is 21.2 Å². The van der Waals surface area contributed by atoms with Crippen molar-refractivity contribution in [1.29, 1.82) is 0 Å². The summed E-state index contributed by atoms with van der Waals surface area (Å²) in [4.78, 5) is 27.5. The van der Waals surface area contributed by atoms with Gasteiger partial charge in [0.2, 0.25) is 11.8 Å². The highest BCUT2D eigenvalue weighted by molar-refractivity contribution is 7.92. The molecule has 0 saturated heterocycles. The molecule has 0 aliphatic rings. The van der Waals surface area contributed by atoms with Gasteiger partial charge in [-0.1, -0.05) is 53.0 Å². The molecule has 0 unspecified atom stereocenters. The maximum atomic E-state index is 13.8. The van der Waals surface area contributed by atoms with Gasteiger partial charge in [-0.25, -0.2) is 8.42 Å². The fraction of sp³-hybridized carbons (Fsp3) is 0.286. The van der Waals surface area contributed by atoms with Gasteiger partial charge in [0, 0.05) is 18.1 Å². The zero-order chi connectivity index (χ0) is 30.5. The van der Waals surface area contributed by atoms with E-state index in [9.17, 15) is 31.2 Å². The molecule has 13 heteroatoms. The Morgan fingerprint density at radius 3 is 2.15 bits per heavy atom. The second-order valence-electron chi connectivity index (χ2n) is 9.21. The Morgan fingerprint density at radius 1 is 0.976 bits per heavy atom. The largest absolute Gasteiger partial charge is 0.417 e. The molecule has 0 aromatic heterocycles. The number of nitrogens with one attached hydrogen (secondary N) is 1. The minimum atomic E-state index is -4.89. The van der Waals surface area contributed by atoms with Crippen LogP contribution in [0, 0.1) is 6.92 Å². The molecule has 0 aliphatic carbocycles. The Labute approximate surface area is 246 Å². The van der Waals surface area contributed by atoms with E-state index in [0.29, 0.717) is 21.0 Å². The van der Waals surface area contributed by atoms with Crippen LogP contribution >= 0.6 is 23.2 Å². The zero-order valence-corrected chi connectivity index (χ0v) is 24.7. The summed E-state index contributed by atoms with van der Waals surface area (Å²) in [6.07, 6.45) is -4.89. The van der Waals surface area contributed by atoms with Crippen LogP contribution in [0.2, 0.25) is 10.0 Å². The van der Waals surface area contributed by atoms with Crippen molar-refractivity contribution in [3.63, 3.8) is 0 Å². The third-order valence-corrected chi connectivity index (χ3v) is 8.59. The monoisotopic (exact) mass is 629 g/mol. The first-order chi connectivity index (χ1) is 19.1. The number of rotatable bonds is 10. The lowest BCUT2D eigenvalue weighted by molar-refractivity contribution is -0.139. The number of carbonyl (C=O) groups excluding carboxylic acids is 2. The smallest absolute Gasteiger partial charge is 0.355 e. The minimum absolute atomic E-state index is 0.0961. The van der Waals surface area contributed by atoms with Crippen molar-refractivity contribution in [2.75, 3.05) is 17.4 Å². The molecule has 0 bridgehead atoms. The molecule has 3 aromatic carbocycles. The molecule has 0 heterocycles. The molecule has 220 valence electrons. The summed E-state index contributed by atoms with van der Waals surface area (Å²) in [5, 5.41) is 2.44. The first-order valence-electron chi connectivity index (χ1n) is 12.4. The number of nitrogens with zero attached hydrogens (tertiary/aromatic N) is 2. The van der Waals surface area contributed by atoms with Gasteiger partial charge < -0.3 is 10.2 Å². The predicted molar refractivity (Wildman–Crippen MR) is 152 cm³/mol. The summed E-state index contributed by atoms with van der Waals surface area (Å²) in [6, 6.07) is 13.7. The number of carbonyl (C=O) groups is 2. The highest BCUT2D eigenvalue weighted by atomic mass is 35.5. The van der Waals surface area contributed by atoms with E-state index >= 15 is 0 Å². The quantitative estimate of drug-likeness (QED) is 0.295. The Hall–Kier alpha value is -3.28. The van der Waals surface area contributed by atoms with Crippen LogP contribution in [0.3, 0.4) is 0 Å². The molecule has 2 amide bonds. The Kier molecular flexibility index (Phi) is 10.3. The number of benzene rings is 3. The second kappa shape index (κ2) is 13.1. The average molecular weight is 631 g/mol. The van der Waals surface area contributed by atoms with Crippen LogP contribution in [0.4, 0.5) is 18.9 Å². The zero-order valence-electron chi connectivity index (χ0n) is 22.4. The Morgan fingerprint density at radius 2 is 1.59 bits per heavy atom. The van der Waals surface area contributed by atoms with Crippen molar-refractivity contribution in [2.45, 2.75) is 44.4 Å². The lowest BCUT2D eigenvalue weighted by Gasteiger charge is -2.32. The summed E-state index contributed by atoms with van der Waals surface area (Å²) in [6.45, 7) is 4.20. The van der Waals surface area contributed by atoms with Crippen LogP contribution in [0.5, 0.6) is 0 Å². The van der Waals surface area contributed by atoms with Crippen molar-refractivity contribution in [2.24, 2.45) is 0 Å². The van der Waals surface area contributed by atoms with E-state index in [1.807, 2.05) is 0 Å². The number of amides is 2. The van der Waals surface area contributed by atoms with E-state index in [1.54, 1.807) is 38.1 Å². The van der Waals surface area contributed by atoms with Gasteiger partial charge in [-0.05, 0) is 68.8 Å². The second-order valence-corrected chi connectivity index (χ2v) is 11.9. The molecule has 0 fully saturated rings. The number of hydrogen-bond acceptors (Lipinski definition) is 4. The molecular weight excluding hydrogens is 602 g/mol. The SMILES string of the molecule is CCNC(=O)[C@@H](C)N(Cc1ccc(Cl)cc1)C(=O)CN(c1ccc(Cl)c(C(F)(F)F)c1)S(=O)(=O)c1ccc(C)cc1. The molecule has 3 aromatic rings. The van der Waals surface area contributed by atoms with E-state index in [1.165, 1.54) is 31.2 Å². The molecule has 0 saturated carbocycles. The third-order valence-electron chi connectivity index (χ3n) is 6.22. The molecule has 0 radical (unpaired) electrons. The van der Waals surface area contributed by atoms with Crippen LogP contribution < -0.4 is 9.62 Å². The van der Waals surface area contributed by atoms with Gasteiger partial charge >= 0.3 is 6.18 Å². The lowest BCUT2D eigenvalue weighted by Crippen LogP contribution is -2.51. The van der Waals surface area contributed by atoms with Gasteiger partial charge in [0.1, 0.15) is 12.6 Å². The highest BCUT2D eigenvalue weighted by Gasteiger charge is 2.37. The van der Waals surface area contributed by atoms with Gasteiger partial charge in [0.15, 0.2) is 0 Å². The van der Waals surface area contributed by atoms with Gasteiger partial charge in [-0.15, -0.1) is 0 Å². The number of halogens is 5. The number of likely N-dealkylation sites (N-methyl/N-ethyl adjacent to an activating group) is 1. The van der Waals surface area contributed by atoms with E-state index in [-0.39, 0.29) is 18.0 Å². The van der Waals surface area contributed by atoms with Gasteiger partial charge in [-0.3, -0.25) is 13.9 Å². The van der Waals surface area contributed by atoms with E-state index in [0.717, 1.165) is 22.6 Å². The Bertz CT molecular complexity index is 1500. The van der Waals surface area contributed by atoms with Crippen LogP contribution in [-0.2, 0) is 32.3 Å². The van der Waals surface area contributed by atoms with Crippen molar-refractivity contribution in [1.82, 2.24) is 10.2 Å². The number of aryl methyl sites for hydroxylation is 1.